The van der Waals surface area contributed by atoms with Gasteiger partial charge in [0.15, 0.2) is 0 Å². The highest BCUT2D eigenvalue weighted by molar-refractivity contribution is 7.89. The molecule has 0 aliphatic carbocycles. The predicted molar refractivity (Wildman–Crippen MR) is 88.6 cm³/mol. The van der Waals surface area contributed by atoms with E-state index in [1.54, 1.807) is 6.92 Å². The van der Waals surface area contributed by atoms with Gasteiger partial charge in [-0.1, -0.05) is 6.42 Å². The SMILES string of the molecule is Cc1cc(C(F)(F)F)ccc1S(=O)(=O)N1CCCCC1C(C)N.Cl. The van der Waals surface area contributed by atoms with Gasteiger partial charge in [0, 0.05) is 18.6 Å². The molecule has 0 saturated carbocycles. The number of benzene rings is 1. The summed E-state index contributed by atoms with van der Waals surface area (Å²) in [5.41, 5.74) is 5.14. The summed E-state index contributed by atoms with van der Waals surface area (Å²) in [5, 5.41) is 0. The summed E-state index contributed by atoms with van der Waals surface area (Å²) in [6.07, 6.45) is -2.21. The fourth-order valence-electron chi connectivity index (χ4n) is 3.00. The molecule has 2 rings (SSSR count). The molecule has 0 aromatic heterocycles. The van der Waals surface area contributed by atoms with Crippen LogP contribution in [0.4, 0.5) is 13.2 Å². The second-order valence-electron chi connectivity index (χ2n) is 6.02. The Morgan fingerprint density at radius 1 is 1.29 bits per heavy atom. The monoisotopic (exact) mass is 386 g/mol. The average molecular weight is 387 g/mol. The van der Waals surface area contributed by atoms with Gasteiger partial charge in [-0.15, -0.1) is 12.4 Å². The Hall–Kier alpha value is -0.830. The van der Waals surface area contributed by atoms with Crippen molar-refractivity contribution in [1.82, 2.24) is 4.31 Å². The molecule has 1 aliphatic heterocycles. The first kappa shape index (κ1) is 21.2. The molecule has 1 heterocycles. The second kappa shape index (κ2) is 7.59. The number of aryl methyl sites for hydroxylation is 1. The molecule has 2 unspecified atom stereocenters. The van der Waals surface area contributed by atoms with Crippen LogP contribution in [0.1, 0.15) is 37.3 Å². The Bertz CT molecular complexity index is 678. The predicted octanol–water partition coefficient (Wildman–Crippen LogP) is 3.33. The summed E-state index contributed by atoms with van der Waals surface area (Å²) in [5.74, 6) is 0. The van der Waals surface area contributed by atoms with E-state index < -0.39 is 21.8 Å². The van der Waals surface area contributed by atoms with Gasteiger partial charge in [-0.25, -0.2) is 8.42 Å². The average Bonchev–Trinajstić information content (AvgIpc) is 2.45. The van der Waals surface area contributed by atoms with Gasteiger partial charge < -0.3 is 5.73 Å². The second-order valence-corrected chi connectivity index (χ2v) is 7.88. The highest BCUT2D eigenvalue weighted by atomic mass is 35.5. The minimum absolute atomic E-state index is 0. The summed E-state index contributed by atoms with van der Waals surface area (Å²) >= 11 is 0. The third-order valence-corrected chi connectivity index (χ3v) is 6.28. The van der Waals surface area contributed by atoms with E-state index in [4.69, 9.17) is 5.73 Å². The number of nitrogens with zero attached hydrogens (tertiary/aromatic N) is 1. The van der Waals surface area contributed by atoms with Crippen molar-refractivity contribution in [3.63, 3.8) is 0 Å². The van der Waals surface area contributed by atoms with Crippen molar-refractivity contribution in [1.29, 1.82) is 0 Å². The minimum atomic E-state index is -4.49. The van der Waals surface area contributed by atoms with E-state index in [0.29, 0.717) is 13.0 Å². The standard InChI is InChI=1S/C15H21F3N2O2S.ClH/c1-10-9-12(15(16,17)18)6-7-14(10)23(21,22)20-8-4-3-5-13(20)11(2)19;/h6-7,9,11,13H,3-5,8,19H2,1-2H3;1H. The molecule has 1 saturated heterocycles. The number of piperidine rings is 1. The molecule has 1 aliphatic rings. The molecule has 0 radical (unpaired) electrons. The third-order valence-electron chi connectivity index (χ3n) is 4.19. The Labute approximate surface area is 146 Å². The van der Waals surface area contributed by atoms with Crippen molar-refractivity contribution >= 4 is 22.4 Å². The van der Waals surface area contributed by atoms with Gasteiger partial charge in [-0.2, -0.15) is 17.5 Å². The van der Waals surface area contributed by atoms with Gasteiger partial charge >= 0.3 is 6.18 Å². The topological polar surface area (TPSA) is 63.4 Å². The quantitative estimate of drug-likeness (QED) is 0.866. The van der Waals surface area contributed by atoms with Crippen LogP contribution >= 0.6 is 12.4 Å². The van der Waals surface area contributed by atoms with E-state index in [0.717, 1.165) is 31.0 Å². The summed E-state index contributed by atoms with van der Waals surface area (Å²) in [6.45, 7) is 3.47. The Morgan fingerprint density at radius 3 is 2.42 bits per heavy atom. The highest BCUT2D eigenvalue weighted by Gasteiger charge is 2.37. The van der Waals surface area contributed by atoms with Crippen LogP contribution in [-0.2, 0) is 16.2 Å². The number of sulfonamides is 1. The van der Waals surface area contributed by atoms with Gasteiger partial charge in [0.2, 0.25) is 10.0 Å². The van der Waals surface area contributed by atoms with Crippen LogP contribution in [0, 0.1) is 6.92 Å². The molecule has 1 aromatic rings. The maximum absolute atomic E-state index is 12.9. The van der Waals surface area contributed by atoms with Crippen LogP contribution in [0.2, 0.25) is 0 Å². The van der Waals surface area contributed by atoms with Gasteiger partial charge in [0.1, 0.15) is 0 Å². The molecule has 2 N–H and O–H groups in total. The lowest BCUT2D eigenvalue weighted by atomic mass is 10.00. The first-order valence-corrected chi connectivity index (χ1v) is 8.94. The first-order chi connectivity index (χ1) is 10.5. The number of hydrogen-bond acceptors (Lipinski definition) is 3. The van der Waals surface area contributed by atoms with Gasteiger partial charge in [-0.05, 0) is 50.5 Å². The van der Waals surface area contributed by atoms with Crippen LogP contribution in [0.25, 0.3) is 0 Å². The van der Waals surface area contributed by atoms with Crippen molar-refractivity contribution < 1.29 is 21.6 Å². The van der Waals surface area contributed by atoms with Gasteiger partial charge in [0.05, 0.1) is 10.5 Å². The lowest BCUT2D eigenvalue weighted by Gasteiger charge is -2.37. The zero-order chi connectivity index (χ0) is 17.4. The zero-order valence-electron chi connectivity index (χ0n) is 13.5. The van der Waals surface area contributed by atoms with E-state index >= 15 is 0 Å². The maximum Gasteiger partial charge on any atom is 0.416 e. The van der Waals surface area contributed by atoms with Crippen molar-refractivity contribution in [2.75, 3.05) is 6.54 Å². The molecule has 1 fully saturated rings. The molecule has 2 atom stereocenters. The lowest BCUT2D eigenvalue weighted by Crippen LogP contribution is -2.51. The van der Waals surface area contributed by atoms with Gasteiger partial charge in [0.25, 0.3) is 0 Å². The Morgan fingerprint density at radius 2 is 1.92 bits per heavy atom. The van der Waals surface area contributed by atoms with E-state index in [1.165, 1.54) is 11.2 Å². The first-order valence-electron chi connectivity index (χ1n) is 7.50. The van der Waals surface area contributed by atoms with E-state index in [1.807, 2.05) is 0 Å². The van der Waals surface area contributed by atoms with Gasteiger partial charge in [-0.3, -0.25) is 0 Å². The largest absolute Gasteiger partial charge is 0.416 e. The number of hydrogen-bond donors (Lipinski definition) is 1. The summed E-state index contributed by atoms with van der Waals surface area (Å²) in [4.78, 5) is -0.0851. The molecule has 0 bridgehead atoms. The summed E-state index contributed by atoms with van der Waals surface area (Å²) in [6, 6.07) is 2.07. The molecule has 24 heavy (non-hydrogen) atoms. The Balaban J connectivity index is 0.00000288. The lowest BCUT2D eigenvalue weighted by molar-refractivity contribution is -0.137. The molecule has 4 nitrogen and oxygen atoms in total. The van der Waals surface area contributed by atoms with Crippen LogP contribution in [0.15, 0.2) is 23.1 Å². The van der Waals surface area contributed by atoms with Crippen molar-refractivity contribution in [2.24, 2.45) is 5.73 Å². The number of alkyl halides is 3. The summed E-state index contributed by atoms with van der Waals surface area (Å²) in [7, 11) is -3.86. The Kier molecular flexibility index (Phi) is 6.71. The highest BCUT2D eigenvalue weighted by Crippen LogP contribution is 2.33. The summed E-state index contributed by atoms with van der Waals surface area (Å²) < 4.78 is 65.3. The van der Waals surface area contributed by atoms with E-state index in [9.17, 15) is 21.6 Å². The van der Waals surface area contributed by atoms with Crippen molar-refractivity contribution in [3.8, 4) is 0 Å². The number of nitrogens with two attached hydrogens (primary N) is 1. The third kappa shape index (κ3) is 4.22. The molecular weight excluding hydrogens is 365 g/mol. The van der Waals surface area contributed by atoms with E-state index in [2.05, 4.69) is 0 Å². The van der Waals surface area contributed by atoms with Crippen LogP contribution in [-0.4, -0.2) is 31.4 Å². The van der Waals surface area contributed by atoms with Crippen LogP contribution in [0.3, 0.4) is 0 Å². The molecule has 1 aromatic carbocycles. The minimum Gasteiger partial charge on any atom is -0.326 e. The molecule has 9 heteroatoms. The van der Waals surface area contributed by atoms with Crippen molar-refractivity contribution in [3.05, 3.63) is 29.3 Å². The van der Waals surface area contributed by atoms with Crippen LogP contribution in [0.5, 0.6) is 0 Å². The zero-order valence-corrected chi connectivity index (χ0v) is 15.1. The maximum atomic E-state index is 12.9. The van der Waals surface area contributed by atoms with Crippen LogP contribution < -0.4 is 5.73 Å². The number of rotatable bonds is 3. The molecule has 0 amide bonds. The smallest absolute Gasteiger partial charge is 0.326 e. The van der Waals surface area contributed by atoms with E-state index in [-0.39, 0.29) is 34.9 Å². The fraction of sp³-hybridized carbons (Fsp3) is 0.600. The fourth-order valence-corrected chi connectivity index (χ4v) is 4.98. The van der Waals surface area contributed by atoms with Crippen molar-refractivity contribution in [2.45, 2.75) is 56.3 Å². The molecular formula is C15H22ClF3N2O2S. The normalized spacial score (nSPS) is 21.2. The molecule has 0 spiro atoms. The molecule has 138 valence electrons. The number of halogens is 4.